The summed E-state index contributed by atoms with van der Waals surface area (Å²) < 4.78 is 36.6. The van der Waals surface area contributed by atoms with Crippen molar-refractivity contribution in [3.63, 3.8) is 0 Å². The smallest absolute Gasteiger partial charge is 0.472 e. The van der Waals surface area contributed by atoms with Crippen LogP contribution in [-0.2, 0) is 28.7 Å². The number of aromatic nitrogens is 2. The fourth-order valence-corrected chi connectivity index (χ4v) is 7.93. The summed E-state index contributed by atoms with van der Waals surface area (Å²) in [4.78, 5) is 22.5. The van der Waals surface area contributed by atoms with E-state index in [2.05, 4.69) is 17.3 Å². The van der Waals surface area contributed by atoms with Crippen LogP contribution in [0.15, 0.2) is 48.7 Å². The highest BCUT2D eigenvalue weighted by atomic mass is 31.2. The highest BCUT2D eigenvalue weighted by Gasteiger charge is 2.58. The fraction of sp³-hybridized carbons (Fsp3) is 0.634. The molecule has 0 radical (unpaired) electrons. The molecule has 0 aliphatic carbocycles. The molecule has 1 fully saturated rings. The summed E-state index contributed by atoms with van der Waals surface area (Å²) in [5.41, 5.74) is 5.10. The van der Waals surface area contributed by atoms with Crippen LogP contribution in [0.5, 0.6) is 0 Å². The zero-order valence-electron chi connectivity index (χ0n) is 33.2. The molecular formula is C41H62N5O10P. The van der Waals surface area contributed by atoms with Gasteiger partial charge < -0.3 is 40.7 Å². The minimum absolute atomic E-state index is 0.00397. The van der Waals surface area contributed by atoms with Crippen LogP contribution in [0.3, 0.4) is 0 Å². The van der Waals surface area contributed by atoms with Gasteiger partial charge in [0.25, 0.3) is 0 Å². The minimum atomic E-state index is -4.82. The lowest BCUT2D eigenvalue weighted by Crippen LogP contribution is -2.41. The van der Waals surface area contributed by atoms with Crippen molar-refractivity contribution >= 4 is 30.7 Å². The summed E-state index contributed by atoms with van der Waals surface area (Å²) in [6, 6.07) is 12.1. The lowest BCUT2D eigenvalue weighted by molar-refractivity contribution is -0.0644. The number of carboxylic acids is 1. The number of aliphatic hydroxyl groups excluding tert-OH is 2. The number of carboxylic acid groups (broad SMARTS) is 1. The van der Waals surface area contributed by atoms with Gasteiger partial charge in [0.1, 0.15) is 24.4 Å². The number of phosphoric acid groups is 1. The Morgan fingerprint density at radius 3 is 2.18 bits per heavy atom. The summed E-state index contributed by atoms with van der Waals surface area (Å²) in [7, 11) is -4.82. The van der Waals surface area contributed by atoms with Gasteiger partial charge in [0.2, 0.25) is 5.60 Å². The van der Waals surface area contributed by atoms with Crippen LogP contribution in [0, 0.1) is 11.3 Å². The highest BCUT2D eigenvalue weighted by Crippen LogP contribution is 2.46. The van der Waals surface area contributed by atoms with Crippen molar-refractivity contribution in [3.05, 3.63) is 59.9 Å². The Labute approximate surface area is 336 Å². The number of anilines is 2. The van der Waals surface area contributed by atoms with Crippen molar-refractivity contribution in [2.24, 2.45) is 0 Å². The monoisotopic (exact) mass is 815 g/mol. The third-order valence-electron chi connectivity index (χ3n) is 10.4. The molecule has 0 bridgehead atoms. The van der Waals surface area contributed by atoms with Crippen molar-refractivity contribution in [1.29, 1.82) is 5.26 Å². The molecule has 0 saturated carbocycles. The molecule has 6 atom stereocenters. The van der Waals surface area contributed by atoms with Crippen molar-refractivity contribution < 1.29 is 48.1 Å². The first-order valence-electron chi connectivity index (χ1n) is 20.5. The van der Waals surface area contributed by atoms with Gasteiger partial charge in [0, 0.05) is 18.5 Å². The molecule has 316 valence electrons. The van der Waals surface area contributed by atoms with Crippen molar-refractivity contribution in [2.75, 3.05) is 37.5 Å². The molecule has 16 heteroatoms. The van der Waals surface area contributed by atoms with E-state index in [1.807, 2.05) is 6.07 Å². The number of nitrogen functional groups attached to an aromatic ring is 1. The molecule has 0 amide bonds. The van der Waals surface area contributed by atoms with E-state index >= 15 is 0 Å². The number of fused-ring (bicyclic) bond motifs is 1. The number of nitrogens with two attached hydrogens (primary N) is 1. The lowest BCUT2D eigenvalue weighted by Gasteiger charge is -2.24. The van der Waals surface area contributed by atoms with Gasteiger partial charge in [0.05, 0.1) is 48.3 Å². The van der Waals surface area contributed by atoms with E-state index in [0.29, 0.717) is 17.8 Å². The third-order valence-corrected chi connectivity index (χ3v) is 11.4. The van der Waals surface area contributed by atoms with Crippen LogP contribution < -0.4 is 11.1 Å². The van der Waals surface area contributed by atoms with Crippen LogP contribution in [-0.4, -0.2) is 86.6 Å². The summed E-state index contributed by atoms with van der Waals surface area (Å²) in [5, 5.41) is 48.9. The number of hydrogen-bond donors (Lipinski definition) is 6. The van der Waals surface area contributed by atoms with Crippen LogP contribution in [0.1, 0.15) is 126 Å². The van der Waals surface area contributed by atoms with Crippen LogP contribution >= 0.6 is 7.82 Å². The molecule has 1 saturated heterocycles. The summed E-state index contributed by atoms with van der Waals surface area (Å²) in [6.45, 7) is 1.61. The Morgan fingerprint density at radius 2 is 1.56 bits per heavy atom. The number of benzene rings is 1. The van der Waals surface area contributed by atoms with Crippen molar-refractivity contribution in [2.45, 2.75) is 140 Å². The number of aromatic carboxylic acids is 1. The van der Waals surface area contributed by atoms with Crippen LogP contribution in [0.2, 0.25) is 0 Å². The van der Waals surface area contributed by atoms with Crippen LogP contribution in [0.4, 0.5) is 11.4 Å². The molecule has 3 aromatic rings. The largest absolute Gasteiger partial charge is 0.478 e. The van der Waals surface area contributed by atoms with Gasteiger partial charge >= 0.3 is 13.8 Å². The maximum Gasteiger partial charge on any atom is 0.472 e. The van der Waals surface area contributed by atoms with Crippen molar-refractivity contribution in [1.82, 2.24) is 9.61 Å². The maximum absolute atomic E-state index is 13.1. The molecule has 4 rings (SSSR count). The number of rotatable bonds is 29. The predicted octanol–water partition coefficient (Wildman–Crippen LogP) is 7.35. The number of hydrogen-bond acceptors (Lipinski definition) is 12. The second-order valence-electron chi connectivity index (χ2n) is 14.9. The molecule has 1 aliphatic heterocycles. The lowest BCUT2D eigenvalue weighted by atomic mass is 9.92. The Morgan fingerprint density at radius 1 is 0.947 bits per heavy atom. The zero-order valence-corrected chi connectivity index (χ0v) is 34.1. The molecule has 7 N–H and O–H groups in total. The topological polar surface area (TPSA) is 231 Å². The van der Waals surface area contributed by atoms with Gasteiger partial charge in [0.15, 0.2) is 0 Å². The number of nitrogens with zero attached hydrogens (tertiary/aromatic N) is 3. The molecule has 57 heavy (non-hydrogen) atoms. The first-order chi connectivity index (χ1) is 27.5. The van der Waals surface area contributed by atoms with Gasteiger partial charge in [-0.05, 0) is 36.8 Å². The number of aliphatic hydroxyl groups is 2. The maximum atomic E-state index is 13.1. The SMILES string of the molecule is CCCCCCCCCCCCCCCCCCOC[C@H](COP(=O)(O)OC[C@H]1O[C@@](C#N)(c2ccc3c(N)ccnn23)[C@H](O)[C@@H]1O)Nc1ccccc1C(=O)O. The standard InChI is InChI=1S/C41H62N5O10P/c1-2-3-4-5-6-7-8-9-10-11-12-13-14-15-16-19-26-53-27-31(45-34-21-18-17-20-32(34)40(49)50)28-54-57(51,52)55-29-36-38(47)39(48)41(30-42,56-36)37-23-22-35-33(43)24-25-44-46(35)37/h17-18,20-25,31,36,38-39,45,47-48H,2-16,19,26-29,43H2,1H3,(H,49,50)(H,51,52)/t31-,36-,38-,39-,41+/m1/s1. The van der Waals surface area contributed by atoms with Gasteiger partial charge in [-0.2, -0.15) is 10.4 Å². The van der Waals surface area contributed by atoms with Crippen molar-refractivity contribution in [3.8, 4) is 6.07 Å². The van der Waals surface area contributed by atoms with Crippen LogP contribution in [0.25, 0.3) is 5.52 Å². The second-order valence-corrected chi connectivity index (χ2v) is 16.3. The average molecular weight is 816 g/mol. The average Bonchev–Trinajstić information content (AvgIpc) is 3.75. The Hall–Kier alpha value is -3.58. The molecule has 15 nitrogen and oxygen atoms in total. The summed E-state index contributed by atoms with van der Waals surface area (Å²) in [5.74, 6) is -1.15. The number of ether oxygens (including phenoxy) is 2. The van der Waals surface area contributed by atoms with Gasteiger partial charge in [-0.1, -0.05) is 115 Å². The zero-order chi connectivity index (χ0) is 41.1. The Bertz CT molecular complexity index is 1750. The Balaban J connectivity index is 1.21. The number of unbranched alkanes of at least 4 members (excludes halogenated alkanes) is 15. The molecular weight excluding hydrogens is 753 g/mol. The summed E-state index contributed by atoms with van der Waals surface area (Å²) >= 11 is 0. The molecule has 1 unspecified atom stereocenters. The normalized spacial score (nSPS) is 21.0. The van der Waals surface area contributed by atoms with E-state index < -0.39 is 57.0 Å². The predicted molar refractivity (Wildman–Crippen MR) is 217 cm³/mol. The molecule has 2 aromatic heterocycles. The fourth-order valence-electron chi connectivity index (χ4n) is 7.15. The van der Waals surface area contributed by atoms with Gasteiger partial charge in [-0.25, -0.2) is 13.9 Å². The number of nitriles is 1. The van der Waals surface area contributed by atoms with E-state index in [1.54, 1.807) is 30.3 Å². The Kier molecular flexibility index (Phi) is 19.2. The van der Waals surface area contributed by atoms with E-state index in [1.165, 1.54) is 106 Å². The number of phosphoric ester groups is 1. The van der Waals surface area contributed by atoms with E-state index in [0.717, 1.165) is 19.3 Å². The number of nitrogens with one attached hydrogen (secondary N) is 1. The molecule has 1 aliphatic rings. The summed E-state index contributed by atoms with van der Waals surface area (Å²) in [6.07, 6.45) is 16.7. The number of carbonyl (C=O) groups is 1. The molecule has 0 spiro atoms. The van der Waals surface area contributed by atoms with E-state index in [-0.39, 0.29) is 23.6 Å². The quantitative estimate of drug-likeness (QED) is 0.0297. The van der Waals surface area contributed by atoms with Gasteiger partial charge in [-0.3, -0.25) is 9.05 Å². The highest BCUT2D eigenvalue weighted by molar-refractivity contribution is 7.47. The van der Waals surface area contributed by atoms with Gasteiger partial charge in [-0.15, -0.1) is 0 Å². The molecule has 1 aromatic carbocycles. The first-order valence-corrected chi connectivity index (χ1v) is 22.0. The molecule has 3 heterocycles. The van der Waals surface area contributed by atoms with E-state index in [4.69, 9.17) is 24.3 Å². The third kappa shape index (κ3) is 13.8. The second kappa shape index (κ2) is 23.7. The number of para-hydroxylation sites is 1. The minimum Gasteiger partial charge on any atom is -0.478 e. The first kappa shape index (κ1) is 46.1. The van der Waals surface area contributed by atoms with E-state index in [9.17, 15) is 34.8 Å².